The summed E-state index contributed by atoms with van der Waals surface area (Å²) in [6.07, 6.45) is 4.59. The Balaban J connectivity index is 1.85. The standard InChI is InChI=1S/C20H22O3/c1-13(2)3-4-15-11-16(6-9-18(15)22)19-10-7-14-5-8-17(21)12-20(14)23-19/h3,5-6,8-9,11-12,19,21-22H,4,7,10H2,1-2H3. The number of rotatable bonds is 3. The highest BCUT2D eigenvalue weighted by atomic mass is 16.5. The van der Waals surface area contributed by atoms with Gasteiger partial charge in [-0.05, 0) is 68.0 Å². The van der Waals surface area contributed by atoms with Gasteiger partial charge in [-0.3, -0.25) is 0 Å². The number of phenols is 2. The van der Waals surface area contributed by atoms with Crippen LogP contribution in [0.5, 0.6) is 17.2 Å². The second kappa shape index (κ2) is 6.37. The summed E-state index contributed by atoms with van der Waals surface area (Å²) in [5, 5.41) is 19.7. The maximum atomic E-state index is 10.0. The van der Waals surface area contributed by atoms with E-state index in [2.05, 4.69) is 19.9 Å². The quantitative estimate of drug-likeness (QED) is 0.810. The molecule has 0 bridgehead atoms. The summed E-state index contributed by atoms with van der Waals surface area (Å²) in [4.78, 5) is 0. The molecule has 0 saturated heterocycles. The van der Waals surface area contributed by atoms with E-state index in [1.807, 2.05) is 18.2 Å². The van der Waals surface area contributed by atoms with Gasteiger partial charge in [0.2, 0.25) is 0 Å². The monoisotopic (exact) mass is 310 g/mol. The van der Waals surface area contributed by atoms with Crippen LogP contribution in [0.1, 0.15) is 43.1 Å². The van der Waals surface area contributed by atoms with Crippen molar-refractivity contribution in [2.75, 3.05) is 0 Å². The molecule has 0 amide bonds. The summed E-state index contributed by atoms with van der Waals surface area (Å²) in [6.45, 7) is 4.10. The molecule has 1 aliphatic heterocycles. The Bertz CT molecular complexity index is 743. The fourth-order valence-corrected chi connectivity index (χ4v) is 2.88. The maximum absolute atomic E-state index is 10.0. The Morgan fingerprint density at radius 3 is 2.78 bits per heavy atom. The first-order chi connectivity index (χ1) is 11.0. The van der Waals surface area contributed by atoms with Gasteiger partial charge in [0.1, 0.15) is 23.4 Å². The average Bonchev–Trinajstić information content (AvgIpc) is 2.53. The normalized spacial score (nSPS) is 16.3. The number of hydrogen-bond donors (Lipinski definition) is 2. The van der Waals surface area contributed by atoms with Crippen LogP contribution in [0.25, 0.3) is 0 Å². The van der Waals surface area contributed by atoms with Gasteiger partial charge in [0.05, 0.1) is 0 Å². The maximum Gasteiger partial charge on any atom is 0.127 e. The highest BCUT2D eigenvalue weighted by Crippen LogP contribution is 2.37. The summed E-state index contributed by atoms with van der Waals surface area (Å²) < 4.78 is 6.06. The van der Waals surface area contributed by atoms with Crippen LogP contribution in [-0.4, -0.2) is 10.2 Å². The molecule has 23 heavy (non-hydrogen) atoms. The highest BCUT2D eigenvalue weighted by molar-refractivity contribution is 5.43. The summed E-state index contributed by atoms with van der Waals surface area (Å²) in [7, 11) is 0. The van der Waals surface area contributed by atoms with Crippen molar-refractivity contribution in [3.8, 4) is 17.2 Å². The lowest BCUT2D eigenvalue weighted by atomic mass is 9.95. The number of aromatic hydroxyl groups is 2. The van der Waals surface area contributed by atoms with E-state index in [0.29, 0.717) is 12.2 Å². The van der Waals surface area contributed by atoms with Gasteiger partial charge in [-0.1, -0.05) is 23.8 Å². The van der Waals surface area contributed by atoms with Gasteiger partial charge < -0.3 is 14.9 Å². The molecule has 3 heteroatoms. The van der Waals surface area contributed by atoms with Gasteiger partial charge in [-0.15, -0.1) is 0 Å². The highest BCUT2D eigenvalue weighted by Gasteiger charge is 2.22. The molecule has 1 heterocycles. The molecule has 2 N–H and O–H groups in total. The van der Waals surface area contributed by atoms with Crippen LogP contribution in [0.2, 0.25) is 0 Å². The first-order valence-corrected chi connectivity index (χ1v) is 7.96. The predicted octanol–water partition coefficient (Wildman–Crippen LogP) is 4.67. The topological polar surface area (TPSA) is 49.7 Å². The van der Waals surface area contributed by atoms with Gasteiger partial charge in [0.15, 0.2) is 0 Å². The van der Waals surface area contributed by atoms with E-state index >= 15 is 0 Å². The Morgan fingerprint density at radius 1 is 1.17 bits per heavy atom. The molecule has 1 atom stereocenters. The third-order valence-electron chi connectivity index (χ3n) is 4.20. The summed E-state index contributed by atoms with van der Waals surface area (Å²) >= 11 is 0. The SMILES string of the molecule is CC(C)=CCc1cc(C2CCc3ccc(O)cc3O2)ccc1O. The molecule has 1 aliphatic rings. The van der Waals surface area contributed by atoms with Gasteiger partial charge in [-0.25, -0.2) is 0 Å². The van der Waals surface area contributed by atoms with Gasteiger partial charge in [0, 0.05) is 6.07 Å². The van der Waals surface area contributed by atoms with Crippen molar-refractivity contribution in [2.24, 2.45) is 0 Å². The van der Waals surface area contributed by atoms with Crippen molar-refractivity contribution < 1.29 is 14.9 Å². The Labute approximate surface area is 136 Å². The number of benzene rings is 2. The Hall–Kier alpha value is -2.42. The van der Waals surface area contributed by atoms with E-state index in [0.717, 1.165) is 35.3 Å². The molecule has 2 aromatic carbocycles. The molecule has 120 valence electrons. The fourth-order valence-electron chi connectivity index (χ4n) is 2.88. The van der Waals surface area contributed by atoms with Crippen molar-refractivity contribution in [2.45, 2.75) is 39.2 Å². The minimum Gasteiger partial charge on any atom is -0.508 e. The van der Waals surface area contributed by atoms with Gasteiger partial charge >= 0.3 is 0 Å². The molecule has 3 nitrogen and oxygen atoms in total. The minimum atomic E-state index is -0.0460. The van der Waals surface area contributed by atoms with E-state index in [1.165, 1.54) is 5.57 Å². The lowest BCUT2D eigenvalue weighted by Crippen LogP contribution is -2.15. The number of ether oxygens (including phenoxy) is 1. The fraction of sp³-hybridized carbons (Fsp3) is 0.300. The van der Waals surface area contributed by atoms with Crippen LogP contribution < -0.4 is 4.74 Å². The molecular weight excluding hydrogens is 288 g/mol. The largest absolute Gasteiger partial charge is 0.508 e. The van der Waals surface area contributed by atoms with Crippen molar-refractivity contribution in [1.82, 2.24) is 0 Å². The predicted molar refractivity (Wildman–Crippen MR) is 91.0 cm³/mol. The lowest BCUT2D eigenvalue weighted by molar-refractivity contribution is 0.176. The number of allylic oxidation sites excluding steroid dienone is 2. The van der Waals surface area contributed by atoms with Crippen LogP contribution in [0.4, 0.5) is 0 Å². The van der Waals surface area contributed by atoms with Crippen molar-refractivity contribution in [3.05, 3.63) is 64.7 Å². The molecule has 0 saturated carbocycles. The summed E-state index contributed by atoms with van der Waals surface area (Å²) in [5.41, 5.74) is 4.33. The first kappa shape index (κ1) is 15.5. The molecule has 0 radical (unpaired) electrons. The molecule has 3 rings (SSSR count). The van der Waals surface area contributed by atoms with Gasteiger partial charge in [0.25, 0.3) is 0 Å². The number of aryl methyl sites for hydroxylation is 1. The number of phenolic OH excluding ortho intramolecular Hbond substituents is 2. The van der Waals surface area contributed by atoms with E-state index in [9.17, 15) is 10.2 Å². The van der Waals surface area contributed by atoms with Crippen molar-refractivity contribution in [1.29, 1.82) is 0 Å². The zero-order valence-electron chi connectivity index (χ0n) is 13.5. The van der Waals surface area contributed by atoms with Crippen LogP contribution in [-0.2, 0) is 12.8 Å². The van der Waals surface area contributed by atoms with Gasteiger partial charge in [-0.2, -0.15) is 0 Å². The van der Waals surface area contributed by atoms with E-state index in [4.69, 9.17) is 4.74 Å². The first-order valence-electron chi connectivity index (χ1n) is 7.96. The molecule has 1 unspecified atom stereocenters. The zero-order chi connectivity index (χ0) is 16.4. The molecule has 2 aromatic rings. The smallest absolute Gasteiger partial charge is 0.127 e. The molecular formula is C20H22O3. The third-order valence-corrected chi connectivity index (χ3v) is 4.20. The molecule has 0 aliphatic carbocycles. The molecule has 0 aromatic heterocycles. The third kappa shape index (κ3) is 3.50. The van der Waals surface area contributed by atoms with Crippen LogP contribution >= 0.6 is 0 Å². The Kier molecular flexibility index (Phi) is 4.28. The van der Waals surface area contributed by atoms with Crippen molar-refractivity contribution in [3.63, 3.8) is 0 Å². The number of fused-ring (bicyclic) bond motifs is 1. The molecule has 0 spiro atoms. The number of hydrogen-bond acceptors (Lipinski definition) is 3. The Morgan fingerprint density at radius 2 is 2.00 bits per heavy atom. The van der Waals surface area contributed by atoms with E-state index in [1.54, 1.807) is 18.2 Å². The minimum absolute atomic E-state index is 0.0460. The summed E-state index contributed by atoms with van der Waals surface area (Å²) in [6, 6.07) is 11.0. The lowest BCUT2D eigenvalue weighted by Gasteiger charge is -2.27. The summed E-state index contributed by atoms with van der Waals surface area (Å²) in [5.74, 6) is 1.29. The second-order valence-electron chi connectivity index (χ2n) is 6.31. The zero-order valence-corrected chi connectivity index (χ0v) is 13.5. The van der Waals surface area contributed by atoms with Crippen LogP contribution in [0.15, 0.2) is 48.0 Å². The van der Waals surface area contributed by atoms with Crippen LogP contribution in [0, 0.1) is 0 Å². The second-order valence-corrected chi connectivity index (χ2v) is 6.31. The van der Waals surface area contributed by atoms with E-state index < -0.39 is 0 Å². The molecule has 0 fully saturated rings. The van der Waals surface area contributed by atoms with Crippen molar-refractivity contribution >= 4 is 0 Å². The van der Waals surface area contributed by atoms with E-state index in [-0.39, 0.29) is 11.9 Å². The van der Waals surface area contributed by atoms with Crippen LogP contribution in [0.3, 0.4) is 0 Å². The average molecular weight is 310 g/mol.